The van der Waals surface area contributed by atoms with E-state index in [4.69, 9.17) is 10.00 Å². The van der Waals surface area contributed by atoms with Crippen molar-refractivity contribution in [2.24, 2.45) is 0 Å². The molecule has 2 rings (SSSR count). The van der Waals surface area contributed by atoms with Gasteiger partial charge in [-0.3, -0.25) is 5.10 Å². The molecule has 0 saturated heterocycles. The van der Waals surface area contributed by atoms with Crippen molar-refractivity contribution >= 4 is 0 Å². The summed E-state index contributed by atoms with van der Waals surface area (Å²) >= 11 is 0. The van der Waals surface area contributed by atoms with Gasteiger partial charge in [-0.1, -0.05) is 0 Å². The van der Waals surface area contributed by atoms with Crippen LogP contribution in [0.4, 0.5) is 0 Å². The molecular formula is C12H11N3O. The lowest BCUT2D eigenvalue weighted by atomic mass is 10.1. The van der Waals surface area contributed by atoms with Crippen molar-refractivity contribution in [3.63, 3.8) is 0 Å². The Morgan fingerprint density at radius 3 is 2.75 bits per heavy atom. The first kappa shape index (κ1) is 10.2. The van der Waals surface area contributed by atoms with E-state index in [0.717, 1.165) is 22.7 Å². The minimum absolute atomic E-state index is 0.350. The molecule has 0 amide bonds. The highest BCUT2D eigenvalue weighted by Crippen LogP contribution is 2.20. The molecule has 4 nitrogen and oxygen atoms in total. The third-order valence-corrected chi connectivity index (χ3v) is 2.29. The van der Waals surface area contributed by atoms with Crippen molar-refractivity contribution in [3.8, 4) is 23.1 Å². The first-order chi connectivity index (χ1) is 7.83. The standard InChI is InChI=1S/C12H11N3O/c1-16-11-4-2-9(3-5-11)12-8-10(6-7-13)14-15-12/h2-5,8H,6H2,1H3,(H,14,15). The number of nitrogens with one attached hydrogen (secondary N) is 1. The Bertz CT molecular complexity index is 508. The van der Waals surface area contributed by atoms with E-state index in [1.165, 1.54) is 0 Å². The van der Waals surface area contributed by atoms with Crippen LogP contribution in [0.3, 0.4) is 0 Å². The summed E-state index contributed by atoms with van der Waals surface area (Å²) in [4.78, 5) is 0. The van der Waals surface area contributed by atoms with Gasteiger partial charge in [0, 0.05) is 11.3 Å². The van der Waals surface area contributed by atoms with Gasteiger partial charge < -0.3 is 4.74 Å². The van der Waals surface area contributed by atoms with Crippen molar-refractivity contribution < 1.29 is 4.74 Å². The third-order valence-electron chi connectivity index (χ3n) is 2.29. The molecule has 0 aliphatic heterocycles. The molecule has 2 aromatic rings. The molecule has 0 bridgehead atoms. The number of ether oxygens (including phenoxy) is 1. The first-order valence-corrected chi connectivity index (χ1v) is 4.89. The van der Waals surface area contributed by atoms with Crippen molar-refractivity contribution in [1.29, 1.82) is 5.26 Å². The van der Waals surface area contributed by atoms with Gasteiger partial charge in [0.25, 0.3) is 0 Å². The van der Waals surface area contributed by atoms with Crippen molar-refractivity contribution in [2.45, 2.75) is 6.42 Å². The zero-order chi connectivity index (χ0) is 11.4. The van der Waals surface area contributed by atoms with Gasteiger partial charge >= 0.3 is 0 Å². The van der Waals surface area contributed by atoms with Crippen molar-refractivity contribution in [1.82, 2.24) is 10.2 Å². The van der Waals surface area contributed by atoms with Crippen LogP contribution in [0.2, 0.25) is 0 Å². The lowest BCUT2D eigenvalue weighted by molar-refractivity contribution is 0.415. The number of benzene rings is 1. The fourth-order valence-electron chi connectivity index (χ4n) is 1.45. The zero-order valence-electron chi connectivity index (χ0n) is 8.90. The maximum atomic E-state index is 8.55. The van der Waals surface area contributed by atoms with Crippen LogP contribution in [-0.4, -0.2) is 17.3 Å². The molecule has 0 atom stereocenters. The lowest BCUT2D eigenvalue weighted by Gasteiger charge is -1.99. The molecule has 0 saturated carbocycles. The number of nitrogens with zero attached hydrogens (tertiary/aromatic N) is 2. The molecule has 1 heterocycles. The molecular weight excluding hydrogens is 202 g/mol. The first-order valence-electron chi connectivity index (χ1n) is 4.89. The van der Waals surface area contributed by atoms with Crippen LogP contribution in [0.5, 0.6) is 5.75 Å². The minimum Gasteiger partial charge on any atom is -0.497 e. The summed E-state index contributed by atoms with van der Waals surface area (Å²) in [5.41, 5.74) is 2.67. The van der Waals surface area contributed by atoms with Gasteiger partial charge in [-0.05, 0) is 30.3 Å². The van der Waals surface area contributed by atoms with E-state index in [9.17, 15) is 0 Å². The normalized spacial score (nSPS) is 9.75. The fraction of sp³-hybridized carbons (Fsp3) is 0.167. The molecule has 1 aromatic carbocycles. The van der Waals surface area contributed by atoms with Gasteiger partial charge in [-0.2, -0.15) is 10.4 Å². The number of H-pyrrole nitrogens is 1. The van der Waals surface area contributed by atoms with Crippen LogP contribution >= 0.6 is 0 Å². The van der Waals surface area contributed by atoms with Crippen LogP contribution in [0.25, 0.3) is 11.3 Å². The number of methoxy groups -OCH3 is 1. The molecule has 1 aromatic heterocycles. The number of hydrogen-bond donors (Lipinski definition) is 1. The number of aromatic nitrogens is 2. The fourth-order valence-corrected chi connectivity index (χ4v) is 1.45. The summed E-state index contributed by atoms with van der Waals surface area (Å²) in [5, 5.41) is 15.5. The number of rotatable bonds is 3. The van der Waals surface area contributed by atoms with Gasteiger partial charge in [0.15, 0.2) is 0 Å². The van der Waals surface area contributed by atoms with Crippen molar-refractivity contribution in [2.75, 3.05) is 7.11 Å². The van der Waals surface area contributed by atoms with Crippen LogP contribution in [0.1, 0.15) is 5.69 Å². The quantitative estimate of drug-likeness (QED) is 0.849. The number of hydrogen-bond acceptors (Lipinski definition) is 3. The third kappa shape index (κ3) is 2.04. The maximum absolute atomic E-state index is 8.55. The van der Waals surface area contributed by atoms with Crippen LogP contribution in [0, 0.1) is 11.3 Å². The second-order valence-electron chi connectivity index (χ2n) is 3.34. The average Bonchev–Trinajstić information content (AvgIpc) is 2.78. The van der Waals surface area contributed by atoms with E-state index in [2.05, 4.69) is 16.3 Å². The Morgan fingerprint density at radius 2 is 2.12 bits per heavy atom. The SMILES string of the molecule is COc1ccc(-c2cc(CC#N)[nH]n2)cc1. The monoisotopic (exact) mass is 213 g/mol. The van der Waals surface area contributed by atoms with Crippen LogP contribution in [-0.2, 0) is 6.42 Å². The average molecular weight is 213 g/mol. The summed E-state index contributed by atoms with van der Waals surface area (Å²) < 4.78 is 5.08. The molecule has 0 aliphatic rings. The Labute approximate surface area is 93.5 Å². The molecule has 1 N–H and O–H groups in total. The second kappa shape index (κ2) is 4.49. The summed E-state index contributed by atoms with van der Waals surface area (Å²) in [7, 11) is 1.63. The Kier molecular flexibility index (Phi) is 2.88. The van der Waals surface area contributed by atoms with E-state index in [1.807, 2.05) is 30.3 Å². The van der Waals surface area contributed by atoms with E-state index in [0.29, 0.717) is 6.42 Å². The topological polar surface area (TPSA) is 61.7 Å². The second-order valence-corrected chi connectivity index (χ2v) is 3.34. The molecule has 0 aliphatic carbocycles. The van der Waals surface area contributed by atoms with Gasteiger partial charge in [-0.15, -0.1) is 0 Å². The molecule has 16 heavy (non-hydrogen) atoms. The number of aromatic amines is 1. The van der Waals surface area contributed by atoms with E-state index < -0.39 is 0 Å². The number of nitriles is 1. The van der Waals surface area contributed by atoms with E-state index in [1.54, 1.807) is 7.11 Å². The summed E-state index contributed by atoms with van der Waals surface area (Å²) in [6.45, 7) is 0. The molecule has 0 radical (unpaired) electrons. The van der Waals surface area contributed by atoms with E-state index in [-0.39, 0.29) is 0 Å². The summed E-state index contributed by atoms with van der Waals surface area (Å²) in [6, 6.07) is 11.6. The molecule has 0 spiro atoms. The molecule has 80 valence electrons. The van der Waals surface area contributed by atoms with Crippen LogP contribution in [0.15, 0.2) is 30.3 Å². The minimum atomic E-state index is 0.350. The predicted octanol–water partition coefficient (Wildman–Crippen LogP) is 2.15. The van der Waals surface area contributed by atoms with Gasteiger partial charge in [0.1, 0.15) is 5.75 Å². The summed E-state index contributed by atoms with van der Waals surface area (Å²) in [5.74, 6) is 0.816. The predicted molar refractivity (Wildman–Crippen MR) is 59.9 cm³/mol. The largest absolute Gasteiger partial charge is 0.497 e. The molecule has 4 heteroatoms. The van der Waals surface area contributed by atoms with Gasteiger partial charge in [0.05, 0.1) is 25.3 Å². The smallest absolute Gasteiger partial charge is 0.118 e. The van der Waals surface area contributed by atoms with E-state index >= 15 is 0 Å². The lowest BCUT2D eigenvalue weighted by Crippen LogP contribution is -1.82. The highest BCUT2D eigenvalue weighted by Gasteiger charge is 2.03. The Hall–Kier alpha value is -2.28. The molecule has 0 unspecified atom stereocenters. The molecule has 0 fully saturated rings. The van der Waals surface area contributed by atoms with Gasteiger partial charge in [-0.25, -0.2) is 0 Å². The van der Waals surface area contributed by atoms with Crippen LogP contribution < -0.4 is 4.74 Å². The summed E-state index contributed by atoms with van der Waals surface area (Å²) in [6.07, 6.45) is 0.350. The Morgan fingerprint density at radius 1 is 1.38 bits per heavy atom. The van der Waals surface area contributed by atoms with Crippen molar-refractivity contribution in [3.05, 3.63) is 36.0 Å². The highest BCUT2D eigenvalue weighted by molar-refractivity contribution is 5.60. The van der Waals surface area contributed by atoms with Gasteiger partial charge in [0.2, 0.25) is 0 Å². The Balaban J connectivity index is 2.25. The highest BCUT2D eigenvalue weighted by atomic mass is 16.5. The zero-order valence-corrected chi connectivity index (χ0v) is 8.90. The maximum Gasteiger partial charge on any atom is 0.118 e.